The minimum atomic E-state index is -0.872. The number of anilines is 1. The molecule has 0 unspecified atom stereocenters. The van der Waals surface area contributed by atoms with Gasteiger partial charge in [-0.25, -0.2) is 0 Å². The Morgan fingerprint density at radius 2 is 2.00 bits per heavy atom. The van der Waals surface area contributed by atoms with E-state index < -0.39 is 29.8 Å². The first-order chi connectivity index (χ1) is 13.5. The number of hydrogen-bond donors (Lipinski definition) is 2. The van der Waals surface area contributed by atoms with E-state index in [9.17, 15) is 19.2 Å². The molecular formula is C18H16N6O4. The van der Waals surface area contributed by atoms with Gasteiger partial charge in [-0.2, -0.15) is 0 Å². The van der Waals surface area contributed by atoms with Gasteiger partial charge in [-0.1, -0.05) is 18.2 Å². The number of rotatable bonds is 4. The first-order valence-corrected chi connectivity index (χ1v) is 8.50. The zero-order valence-electron chi connectivity index (χ0n) is 14.7. The van der Waals surface area contributed by atoms with Gasteiger partial charge in [0.05, 0.1) is 12.1 Å². The van der Waals surface area contributed by atoms with Crippen LogP contribution in [0.1, 0.15) is 32.8 Å². The Morgan fingerprint density at radius 1 is 1.25 bits per heavy atom. The first kappa shape index (κ1) is 18.9. The maximum Gasteiger partial charge on any atom is 0.274 e. The molecule has 0 atom stereocenters. The van der Waals surface area contributed by atoms with E-state index in [1.807, 2.05) is 0 Å². The van der Waals surface area contributed by atoms with Crippen molar-refractivity contribution in [2.45, 2.75) is 19.4 Å². The van der Waals surface area contributed by atoms with Crippen molar-refractivity contribution in [1.82, 2.24) is 9.88 Å². The molecule has 0 bridgehead atoms. The molecule has 1 aromatic heterocycles. The van der Waals surface area contributed by atoms with Gasteiger partial charge in [0, 0.05) is 22.7 Å². The second-order valence-electron chi connectivity index (χ2n) is 6.07. The number of benzene rings is 1. The van der Waals surface area contributed by atoms with Crippen molar-refractivity contribution < 1.29 is 14.4 Å². The number of hydrogen-bond acceptors (Lipinski definition) is 4. The summed E-state index contributed by atoms with van der Waals surface area (Å²) in [5, 5.41) is 8.19. The smallest absolute Gasteiger partial charge is 0.274 e. The van der Waals surface area contributed by atoms with Crippen molar-refractivity contribution in [2.75, 3.05) is 11.9 Å². The summed E-state index contributed by atoms with van der Waals surface area (Å²) in [5.41, 5.74) is 8.53. The maximum atomic E-state index is 12.9. The van der Waals surface area contributed by atoms with Gasteiger partial charge in [-0.15, -0.1) is 0 Å². The Hall–Kier alpha value is -3.91. The molecule has 1 aliphatic heterocycles. The highest BCUT2D eigenvalue weighted by Gasteiger charge is 2.23. The third kappa shape index (κ3) is 3.92. The lowest BCUT2D eigenvalue weighted by Crippen LogP contribution is -2.33. The maximum absolute atomic E-state index is 12.9. The second kappa shape index (κ2) is 8.19. The Morgan fingerprint density at radius 3 is 2.71 bits per heavy atom. The van der Waals surface area contributed by atoms with Crippen LogP contribution in [0.3, 0.4) is 0 Å². The molecule has 142 valence electrons. The van der Waals surface area contributed by atoms with Gasteiger partial charge in [-0.3, -0.25) is 19.2 Å². The van der Waals surface area contributed by atoms with Crippen molar-refractivity contribution in [2.24, 2.45) is 5.11 Å². The Balaban J connectivity index is 2.08. The highest BCUT2D eigenvalue weighted by Crippen LogP contribution is 2.17. The molecule has 1 aliphatic rings. The van der Waals surface area contributed by atoms with Gasteiger partial charge in [0.2, 0.25) is 5.91 Å². The van der Waals surface area contributed by atoms with E-state index in [1.54, 1.807) is 30.3 Å². The van der Waals surface area contributed by atoms with Crippen LogP contribution in [0.4, 0.5) is 5.69 Å². The fraction of sp³-hybridized carbons (Fsp3) is 0.222. The van der Waals surface area contributed by atoms with Gasteiger partial charge in [0.15, 0.2) is 0 Å². The van der Waals surface area contributed by atoms with Gasteiger partial charge < -0.3 is 15.2 Å². The Labute approximate surface area is 158 Å². The van der Waals surface area contributed by atoms with Gasteiger partial charge in [-0.05, 0) is 41.7 Å². The van der Waals surface area contributed by atoms with Crippen LogP contribution in [0.5, 0.6) is 0 Å². The zero-order valence-corrected chi connectivity index (χ0v) is 14.7. The van der Waals surface area contributed by atoms with E-state index in [2.05, 4.69) is 20.7 Å². The van der Waals surface area contributed by atoms with E-state index in [1.165, 1.54) is 6.07 Å². The van der Waals surface area contributed by atoms with E-state index in [4.69, 9.17) is 5.53 Å². The predicted octanol–water partition coefficient (Wildman–Crippen LogP) is 1.61. The molecule has 10 nitrogen and oxygen atoms in total. The molecule has 2 aromatic rings. The monoisotopic (exact) mass is 380 g/mol. The van der Waals surface area contributed by atoms with Crippen molar-refractivity contribution >= 4 is 23.4 Å². The van der Waals surface area contributed by atoms with Crippen LogP contribution in [-0.2, 0) is 17.8 Å². The number of carbonyl (C=O) groups is 3. The summed E-state index contributed by atoms with van der Waals surface area (Å²) in [7, 11) is 0. The number of fused-ring (bicyclic) bond motifs is 1. The summed E-state index contributed by atoms with van der Waals surface area (Å²) >= 11 is 0. The molecule has 3 amide bonds. The lowest BCUT2D eigenvalue weighted by Gasteiger charge is -2.16. The number of nitrogens with one attached hydrogen (secondary N) is 2. The summed E-state index contributed by atoms with van der Waals surface area (Å²) < 4.78 is 1.08. The normalized spacial score (nSPS) is 12.8. The number of amides is 3. The second-order valence-corrected chi connectivity index (χ2v) is 6.07. The average molecular weight is 380 g/mol. The van der Waals surface area contributed by atoms with Crippen LogP contribution < -0.4 is 16.2 Å². The zero-order chi connectivity index (χ0) is 20.1. The van der Waals surface area contributed by atoms with E-state index in [-0.39, 0.29) is 11.3 Å². The van der Waals surface area contributed by atoms with Gasteiger partial charge >= 0.3 is 0 Å². The topological polar surface area (TPSA) is 146 Å². The molecule has 10 heteroatoms. The Kier molecular flexibility index (Phi) is 5.52. The molecule has 1 aromatic carbocycles. The molecule has 0 aliphatic carbocycles. The van der Waals surface area contributed by atoms with Gasteiger partial charge in [0.1, 0.15) is 5.69 Å². The number of nitrogens with zero attached hydrogens (tertiary/aromatic N) is 4. The van der Waals surface area contributed by atoms with Crippen LogP contribution in [0.2, 0.25) is 0 Å². The molecule has 0 spiro atoms. The van der Waals surface area contributed by atoms with Crippen LogP contribution in [0.15, 0.2) is 46.3 Å². The third-order valence-electron chi connectivity index (χ3n) is 4.26. The molecule has 0 radical (unpaired) electrons. The predicted molar refractivity (Wildman–Crippen MR) is 99.9 cm³/mol. The molecule has 0 saturated heterocycles. The summed E-state index contributed by atoms with van der Waals surface area (Å²) in [6, 6.07) is 9.57. The number of pyridine rings is 1. The summed E-state index contributed by atoms with van der Waals surface area (Å²) in [6.45, 7) is -0.106. The largest absolute Gasteiger partial charge is 0.352 e. The minimum Gasteiger partial charge on any atom is -0.352 e. The fourth-order valence-electron chi connectivity index (χ4n) is 2.98. The summed E-state index contributed by atoms with van der Waals surface area (Å²) in [6.07, 6.45) is 0.948. The number of azide groups is 1. The standard InChI is InChI=1S/C18H16N6O4/c19-23-22-15(25)10-24-14-7-4-8-20-17(27)12(14)9-13(18(24)28)21-16(26)11-5-2-1-3-6-11/h1-3,5-6,9H,4,7-8,10H2,(H,20,27)(H,21,26). The molecule has 28 heavy (non-hydrogen) atoms. The van der Waals surface area contributed by atoms with Crippen molar-refractivity contribution in [1.29, 1.82) is 0 Å². The van der Waals surface area contributed by atoms with E-state index in [0.29, 0.717) is 30.6 Å². The lowest BCUT2D eigenvalue weighted by molar-refractivity contribution is -0.118. The summed E-state index contributed by atoms with van der Waals surface area (Å²) in [4.78, 5) is 51.9. The molecule has 3 rings (SSSR count). The van der Waals surface area contributed by atoms with Crippen molar-refractivity contribution in [3.8, 4) is 0 Å². The van der Waals surface area contributed by atoms with Crippen LogP contribution in [-0.4, -0.2) is 28.8 Å². The van der Waals surface area contributed by atoms with Crippen molar-refractivity contribution in [3.63, 3.8) is 0 Å². The third-order valence-corrected chi connectivity index (χ3v) is 4.26. The number of aromatic nitrogens is 1. The lowest BCUT2D eigenvalue weighted by atomic mass is 10.1. The van der Waals surface area contributed by atoms with E-state index in [0.717, 1.165) is 4.57 Å². The van der Waals surface area contributed by atoms with E-state index >= 15 is 0 Å². The molecule has 0 saturated carbocycles. The van der Waals surface area contributed by atoms with Crippen LogP contribution in [0, 0.1) is 0 Å². The minimum absolute atomic E-state index is 0.140. The molecule has 2 heterocycles. The highest BCUT2D eigenvalue weighted by molar-refractivity contribution is 6.05. The average Bonchev–Trinajstić information content (AvgIpc) is 2.87. The molecular weight excluding hydrogens is 364 g/mol. The number of carbonyl (C=O) groups excluding carboxylic acids is 3. The molecule has 2 N–H and O–H groups in total. The highest BCUT2D eigenvalue weighted by atomic mass is 16.2. The van der Waals surface area contributed by atoms with Gasteiger partial charge in [0.25, 0.3) is 17.4 Å². The van der Waals surface area contributed by atoms with Crippen LogP contribution >= 0.6 is 0 Å². The van der Waals surface area contributed by atoms with Crippen molar-refractivity contribution in [3.05, 3.63) is 74.0 Å². The SMILES string of the molecule is [N-]=[N+]=NC(=O)Cn1c2c(cc(NC(=O)c3ccccc3)c1=O)C(=O)NCCC2. The Bertz CT molecular complexity index is 1050. The first-order valence-electron chi connectivity index (χ1n) is 8.50. The van der Waals surface area contributed by atoms with Crippen LogP contribution in [0.25, 0.3) is 10.4 Å². The summed E-state index contributed by atoms with van der Waals surface area (Å²) in [5.74, 6) is -1.81. The molecule has 0 fully saturated rings. The quantitative estimate of drug-likeness (QED) is 0.471. The fourth-order valence-corrected chi connectivity index (χ4v) is 2.98.